The van der Waals surface area contributed by atoms with Crippen molar-refractivity contribution in [2.75, 3.05) is 13.2 Å². The Labute approximate surface area is 130 Å². The number of fused-ring (bicyclic) bond motifs is 1. The van der Waals surface area contributed by atoms with Crippen LogP contribution >= 0.6 is 0 Å². The maximum Gasteiger partial charge on any atom is 0.123 e. The molecule has 1 aliphatic rings. The average Bonchev–Trinajstić information content (AvgIpc) is 2.75. The van der Waals surface area contributed by atoms with Crippen molar-refractivity contribution >= 4 is 0 Å². The van der Waals surface area contributed by atoms with E-state index < -0.39 is 0 Å². The van der Waals surface area contributed by atoms with Crippen molar-refractivity contribution in [2.45, 2.75) is 65.8 Å². The highest BCUT2D eigenvalue weighted by Gasteiger charge is 2.34. The fraction of sp³-hybridized carbons (Fsp3) is 0.684. The summed E-state index contributed by atoms with van der Waals surface area (Å²) in [4.78, 5) is 0. The molecule has 0 spiro atoms. The molecule has 0 amide bonds. The lowest BCUT2D eigenvalue weighted by atomic mass is 9.76. The molecule has 2 rings (SSSR count). The molecule has 118 valence electrons. The van der Waals surface area contributed by atoms with Gasteiger partial charge in [-0.1, -0.05) is 47.6 Å². The lowest BCUT2D eigenvalue weighted by Gasteiger charge is -2.35. The maximum absolute atomic E-state index is 5.82. The summed E-state index contributed by atoms with van der Waals surface area (Å²) >= 11 is 0. The zero-order valence-corrected chi connectivity index (χ0v) is 14.5. The fourth-order valence-electron chi connectivity index (χ4n) is 3.06. The molecule has 2 nitrogen and oxygen atoms in total. The Kier molecular flexibility index (Phi) is 4.67. The number of hydrogen-bond acceptors (Lipinski definition) is 2. The third-order valence-corrected chi connectivity index (χ3v) is 4.95. The van der Waals surface area contributed by atoms with Gasteiger partial charge in [0.15, 0.2) is 0 Å². The van der Waals surface area contributed by atoms with Crippen LogP contribution in [0.3, 0.4) is 0 Å². The van der Waals surface area contributed by atoms with E-state index in [9.17, 15) is 0 Å². The summed E-state index contributed by atoms with van der Waals surface area (Å²) in [5, 5.41) is 3.75. The Hall–Kier alpha value is -1.02. The molecule has 1 heterocycles. The first-order valence-corrected chi connectivity index (χ1v) is 8.32. The van der Waals surface area contributed by atoms with Gasteiger partial charge in [0.1, 0.15) is 5.75 Å². The van der Waals surface area contributed by atoms with Gasteiger partial charge in [0.05, 0.1) is 6.61 Å². The number of hydrogen-bond donors (Lipinski definition) is 1. The number of benzene rings is 1. The standard InChI is InChI=1S/C19H31NO/c1-7-11-20-17(18(3,4)8-2)14-9-10-16-15(12-14)19(5,6)13-21-16/h9-10,12,17,20H,7-8,11,13H2,1-6H3. The highest BCUT2D eigenvalue weighted by atomic mass is 16.5. The fourth-order valence-corrected chi connectivity index (χ4v) is 3.06. The second kappa shape index (κ2) is 6.00. The molecular formula is C19H31NO. The summed E-state index contributed by atoms with van der Waals surface area (Å²) < 4.78 is 5.82. The van der Waals surface area contributed by atoms with Gasteiger partial charge < -0.3 is 10.1 Å². The molecular weight excluding hydrogens is 258 g/mol. The van der Waals surface area contributed by atoms with Crippen molar-refractivity contribution in [3.05, 3.63) is 29.3 Å². The third-order valence-electron chi connectivity index (χ3n) is 4.95. The van der Waals surface area contributed by atoms with Crippen LogP contribution < -0.4 is 10.1 Å². The van der Waals surface area contributed by atoms with Crippen LogP contribution in [0.1, 0.15) is 71.6 Å². The summed E-state index contributed by atoms with van der Waals surface area (Å²) in [7, 11) is 0. The van der Waals surface area contributed by atoms with Gasteiger partial charge >= 0.3 is 0 Å². The molecule has 1 aromatic rings. The van der Waals surface area contributed by atoms with Crippen molar-refractivity contribution in [2.24, 2.45) is 5.41 Å². The van der Waals surface area contributed by atoms with Crippen LogP contribution in [-0.2, 0) is 5.41 Å². The first kappa shape index (κ1) is 16.4. The Morgan fingerprint density at radius 3 is 2.62 bits per heavy atom. The zero-order valence-electron chi connectivity index (χ0n) is 14.5. The Balaban J connectivity index is 2.37. The van der Waals surface area contributed by atoms with Crippen molar-refractivity contribution in [1.29, 1.82) is 0 Å². The second-order valence-corrected chi connectivity index (χ2v) is 7.66. The lowest BCUT2D eigenvalue weighted by Crippen LogP contribution is -2.34. The predicted octanol–water partition coefficient (Wildman–Crippen LogP) is 4.83. The zero-order chi connectivity index (χ0) is 15.7. The Bertz CT molecular complexity index is 490. The van der Waals surface area contributed by atoms with Crippen LogP contribution in [0.2, 0.25) is 0 Å². The average molecular weight is 289 g/mol. The first-order chi connectivity index (χ1) is 9.81. The van der Waals surface area contributed by atoms with E-state index in [1.807, 2.05) is 0 Å². The molecule has 0 saturated heterocycles. The van der Waals surface area contributed by atoms with Gasteiger partial charge in [-0.3, -0.25) is 0 Å². The lowest BCUT2D eigenvalue weighted by molar-refractivity contribution is 0.234. The van der Waals surface area contributed by atoms with Crippen LogP contribution in [0.4, 0.5) is 0 Å². The second-order valence-electron chi connectivity index (χ2n) is 7.66. The molecule has 1 N–H and O–H groups in total. The summed E-state index contributed by atoms with van der Waals surface area (Å²) in [6, 6.07) is 7.16. The number of rotatable bonds is 6. The summed E-state index contributed by atoms with van der Waals surface area (Å²) in [6.07, 6.45) is 2.32. The normalized spacial score (nSPS) is 18.2. The molecule has 0 fully saturated rings. The third kappa shape index (κ3) is 3.26. The van der Waals surface area contributed by atoms with Crippen LogP contribution in [0.15, 0.2) is 18.2 Å². The van der Waals surface area contributed by atoms with E-state index in [2.05, 4.69) is 65.1 Å². The number of ether oxygens (including phenoxy) is 1. The van der Waals surface area contributed by atoms with Crippen molar-refractivity contribution in [3.8, 4) is 5.75 Å². The van der Waals surface area contributed by atoms with E-state index >= 15 is 0 Å². The monoisotopic (exact) mass is 289 g/mol. The van der Waals surface area contributed by atoms with E-state index in [1.165, 1.54) is 11.1 Å². The van der Waals surface area contributed by atoms with Gasteiger partial charge in [0.25, 0.3) is 0 Å². The SMILES string of the molecule is CCCNC(c1ccc2c(c1)C(C)(C)CO2)C(C)(C)CC. The first-order valence-electron chi connectivity index (χ1n) is 8.32. The van der Waals surface area contributed by atoms with E-state index in [0.717, 1.165) is 31.7 Å². The molecule has 0 saturated carbocycles. The van der Waals surface area contributed by atoms with Crippen LogP contribution in [-0.4, -0.2) is 13.2 Å². The molecule has 0 aliphatic carbocycles. The molecule has 0 aromatic heterocycles. The van der Waals surface area contributed by atoms with Gasteiger partial charge in [0.2, 0.25) is 0 Å². The quantitative estimate of drug-likeness (QED) is 0.809. The van der Waals surface area contributed by atoms with Gasteiger partial charge in [-0.05, 0) is 42.5 Å². The van der Waals surface area contributed by atoms with Gasteiger partial charge in [-0.2, -0.15) is 0 Å². The molecule has 1 atom stereocenters. The molecule has 1 aliphatic heterocycles. The molecule has 2 heteroatoms. The van der Waals surface area contributed by atoms with E-state index in [0.29, 0.717) is 6.04 Å². The minimum atomic E-state index is 0.122. The Morgan fingerprint density at radius 2 is 2.00 bits per heavy atom. The maximum atomic E-state index is 5.82. The van der Waals surface area contributed by atoms with Crippen molar-refractivity contribution < 1.29 is 4.74 Å². The summed E-state index contributed by atoms with van der Waals surface area (Å²) in [6.45, 7) is 15.6. The summed E-state index contributed by atoms with van der Waals surface area (Å²) in [5.74, 6) is 1.06. The molecule has 0 radical (unpaired) electrons. The van der Waals surface area contributed by atoms with Crippen molar-refractivity contribution in [3.63, 3.8) is 0 Å². The van der Waals surface area contributed by atoms with Gasteiger partial charge in [-0.25, -0.2) is 0 Å². The van der Waals surface area contributed by atoms with Crippen LogP contribution in [0.5, 0.6) is 5.75 Å². The van der Waals surface area contributed by atoms with Gasteiger partial charge in [-0.15, -0.1) is 0 Å². The predicted molar refractivity (Wildman–Crippen MR) is 90.1 cm³/mol. The van der Waals surface area contributed by atoms with Crippen molar-refractivity contribution in [1.82, 2.24) is 5.32 Å². The smallest absolute Gasteiger partial charge is 0.123 e. The molecule has 0 bridgehead atoms. The van der Waals surface area contributed by atoms with E-state index in [1.54, 1.807) is 0 Å². The van der Waals surface area contributed by atoms with Gasteiger partial charge in [0, 0.05) is 17.0 Å². The Morgan fingerprint density at radius 1 is 1.29 bits per heavy atom. The molecule has 1 unspecified atom stereocenters. The minimum absolute atomic E-state index is 0.122. The van der Waals surface area contributed by atoms with Crippen LogP contribution in [0, 0.1) is 5.41 Å². The highest BCUT2D eigenvalue weighted by molar-refractivity contribution is 5.46. The topological polar surface area (TPSA) is 21.3 Å². The largest absolute Gasteiger partial charge is 0.492 e. The van der Waals surface area contributed by atoms with E-state index in [-0.39, 0.29) is 10.8 Å². The summed E-state index contributed by atoms with van der Waals surface area (Å²) in [5.41, 5.74) is 3.12. The molecule has 1 aromatic carbocycles. The number of nitrogens with one attached hydrogen (secondary N) is 1. The van der Waals surface area contributed by atoms with Crippen LogP contribution in [0.25, 0.3) is 0 Å². The molecule has 21 heavy (non-hydrogen) atoms. The minimum Gasteiger partial charge on any atom is -0.492 e. The van der Waals surface area contributed by atoms with E-state index in [4.69, 9.17) is 4.74 Å². The highest BCUT2D eigenvalue weighted by Crippen LogP contribution is 2.42.